The average molecular weight is 340 g/mol. The monoisotopic (exact) mass is 339 g/mol. The van der Waals surface area contributed by atoms with E-state index in [-0.39, 0.29) is 6.04 Å². The number of fused-ring (bicyclic) bond motifs is 1. The Morgan fingerprint density at radius 1 is 0.905 bits per heavy atom. The highest BCUT2D eigenvalue weighted by Gasteiger charge is 2.17. The number of rotatable bonds is 3. The summed E-state index contributed by atoms with van der Waals surface area (Å²) in [6, 6.07) is 21.7. The van der Waals surface area contributed by atoms with Crippen LogP contribution < -0.4 is 5.32 Å². The smallest absolute Gasteiger partial charge is 0.0591 e. The van der Waals surface area contributed by atoms with Gasteiger partial charge in [-0.25, -0.2) is 0 Å². The molecule has 0 aromatic heterocycles. The zero-order valence-corrected chi connectivity index (χ0v) is 13.8. The van der Waals surface area contributed by atoms with Crippen molar-refractivity contribution in [2.75, 3.05) is 7.05 Å². The van der Waals surface area contributed by atoms with E-state index in [1.807, 2.05) is 7.05 Å². The van der Waals surface area contributed by atoms with Gasteiger partial charge in [-0.15, -0.1) is 0 Å². The standard InChI is InChI=1S/C19H18BrN/c1-13-10-11-17(18(20)12-13)19(21-2)16-9-5-7-14-6-3-4-8-15(14)16/h3-12,19,21H,1-2H3. The van der Waals surface area contributed by atoms with E-state index < -0.39 is 0 Å². The largest absolute Gasteiger partial charge is 0.309 e. The maximum absolute atomic E-state index is 3.71. The highest BCUT2D eigenvalue weighted by Crippen LogP contribution is 2.33. The molecule has 0 radical (unpaired) electrons. The van der Waals surface area contributed by atoms with E-state index in [1.165, 1.54) is 27.5 Å². The highest BCUT2D eigenvalue weighted by atomic mass is 79.9. The van der Waals surface area contributed by atoms with Crippen LogP contribution in [0, 0.1) is 6.92 Å². The number of hydrogen-bond donors (Lipinski definition) is 1. The Morgan fingerprint density at radius 2 is 1.67 bits per heavy atom. The first-order chi connectivity index (χ1) is 10.2. The van der Waals surface area contributed by atoms with E-state index in [9.17, 15) is 0 Å². The number of benzene rings is 3. The third kappa shape index (κ3) is 2.74. The molecule has 21 heavy (non-hydrogen) atoms. The predicted octanol–water partition coefficient (Wildman–Crippen LogP) is 5.22. The SMILES string of the molecule is CNC(c1ccc(C)cc1Br)c1cccc2ccccc12. The predicted molar refractivity (Wildman–Crippen MR) is 93.7 cm³/mol. The molecule has 3 rings (SSSR count). The summed E-state index contributed by atoms with van der Waals surface area (Å²) >= 11 is 3.71. The van der Waals surface area contributed by atoms with Crippen molar-refractivity contribution in [3.8, 4) is 0 Å². The van der Waals surface area contributed by atoms with Crippen LogP contribution in [0.4, 0.5) is 0 Å². The molecule has 0 aliphatic carbocycles. The molecule has 3 aromatic carbocycles. The summed E-state index contributed by atoms with van der Waals surface area (Å²) in [5.74, 6) is 0. The fourth-order valence-electron chi connectivity index (χ4n) is 2.85. The van der Waals surface area contributed by atoms with Gasteiger partial charge in [0.05, 0.1) is 6.04 Å². The zero-order valence-electron chi connectivity index (χ0n) is 12.2. The summed E-state index contributed by atoms with van der Waals surface area (Å²) in [5, 5.41) is 6.03. The quantitative estimate of drug-likeness (QED) is 0.689. The third-order valence-corrected chi connectivity index (χ3v) is 4.58. The third-order valence-electron chi connectivity index (χ3n) is 3.89. The molecule has 1 unspecified atom stereocenters. The summed E-state index contributed by atoms with van der Waals surface area (Å²) in [4.78, 5) is 0. The van der Waals surface area contributed by atoms with Crippen LogP contribution in [0.1, 0.15) is 22.7 Å². The van der Waals surface area contributed by atoms with Crippen LogP contribution >= 0.6 is 15.9 Å². The Bertz CT molecular complexity index is 774. The van der Waals surface area contributed by atoms with Crippen LogP contribution in [0.25, 0.3) is 10.8 Å². The van der Waals surface area contributed by atoms with E-state index >= 15 is 0 Å². The molecule has 0 saturated heterocycles. The minimum absolute atomic E-state index is 0.172. The van der Waals surface area contributed by atoms with Gasteiger partial charge < -0.3 is 5.32 Å². The molecular weight excluding hydrogens is 322 g/mol. The van der Waals surface area contributed by atoms with Crippen LogP contribution in [-0.4, -0.2) is 7.05 Å². The maximum Gasteiger partial charge on any atom is 0.0591 e. The van der Waals surface area contributed by atoms with Crippen molar-refractivity contribution in [1.82, 2.24) is 5.32 Å². The number of hydrogen-bond acceptors (Lipinski definition) is 1. The van der Waals surface area contributed by atoms with Crippen molar-refractivity contribution in [3.63, 3.8) is 0 Å². The number of halogens is 1. The van der Waals surface area contributed by atoms with Gasteiger partial charge in [0.2, 0.25) is 0 Å². The fourth-order valence-corrected chi connectivity index (χ4v) is 3.57. The summed E-state index contributed by atoms with van der Waals surface area (Å²) < 4.78 is 1.15. The molecule has 0 amide bonds. The van der Waals surface area contributed by atoms with Gasteiger partial charge in [-0.05, 0) is 47.5 Å². The first-order valence-electron chi connectivity index (χ1n) is 7.11. The first kappa shape index (κ1) is 14.3. The highest BCUT2D eigenvalue weighted by molar-refractivity contribution is 9.10. The maximum atomic E-state index is 3.71. The second kappa shape index (κ2) is 6.00. The first-order valence-corrected chi connectivity index (χ1v) is 7.91. The van der Waals surface area contributed by atoms with Crippen molar-refractivity contribution in [2.45, 2.75) is 13.0 Å². The molecule has 1 N–H and O–H groups in total. The van der Waals surface area contributed by atoms with Crippen molar-refractivity contribution < 1.29 is 0 Å². The van der Waals surface area contributed by atoms with Crippen LogP contribution in [-0.2, 0) is 0 Å². The Hall–Kier alpha value is -1.64. The number of aryl methyl sites for hydroxylation is 1. The molecule has 0 heterocycles. The van der Waals surface area contributed by atoms with Gasteiger partial charge >= 0.3 is 0 Å². The summed E-state index contributed by atoms with van der Waals surface area (Å²) in [5.41, 5.74) is 3.83. The average Bonchev–Trinajstić information content (AvgIpc) is 2.50. The minimum Gasteiger partial charge on any atom is -0.309 e. The molecular formula is C19H18BrN. The van der Waals surface area contributed by atoms with E-state index in [2.05, 4.69) is 88.8 Å². The second-order valence-electron chi connectivity index (χ2n) is 5.32. The lowest BCUT2D eigenvalue weighted by Gasteiger charge is -2.21. The van der Waals surface area contributed by atoms with Crippen LogP contribution in [0.15, 0.2) is 65.1 Å². The molecule has 0 aliphatic rings. The Balaban J connectivity index is 2.18. The second-order valence-corrected chi connectivity index (χ2v) is 6.17. The summed E-state index contributed by atoms with van der Waals surface area (Å²) in [6.07, 6.45) is 0. The molecule has 0 fully saturated rings. The van der Waals surface area contributed by atoms with Crippen LogP contribution in [0.3, 0.4) is 0 Å². The molecule has 2 heteroatoms. The molecule has 3 aromatic rings. The van der Waals surface area contributed by atoms with Crippen molar-refractivity contribution in [3.05, 3.63) is 81.8 Å². The molecule has 0 bridgehead atoms. The van der Waals surface area contributed by atoms with Gasteiger partial charge in [0.25, 0.3) is 0 Å². The van der Waals surface area contributed by atoms with E-state index in [0.717, 1.165) is 4.47 Å². The van der Waals surface area contributed by atoms with Crippen molar-refractivity contribution >= 4 is 26.7 Å². The number of nitrogens with one attached hydrogen (secondary N) is 1. The molecule has 0 saturated carbocycles. The van der Waals surface area contributed by atoms with Crippen molar-refractivity contribution in [1.29, 1.82) is 0 Å². The lowest BCUT2D eigenvalue weighted by molar-refractivity contribution is 0.694. The fraction of sp³-hybridized carbons (Fsp3) is 0.158. The lowest BCUT2D eigenvalue weighted by Crippen LogP contribution is -2.18. The van der Waals surface area contributed by atoms with E-state index in [4.69, 9.17) is 0 Å². The van der Waals surface area contributed by atoms with E-state index in [1.54, 1.807) is 0 Å². The molecule has 0 aliphatic heterocycles. The normalized spacial score (nSPS) is 12.5. The zero-order chi connectivity index (χ0) is 14.8. The van der Waals surface area contributed by atoms with E-state index in [0.29, 0.717) is 0 Å². The topological polar surface area (TPSA) is 12.0 Å². The Kier molecular flexibility index (Phi) is 4.09. The van der Waals surface area contributed by atoms with Gasteiger partial charge in [-0.3, -0.25) is 0 Å². The van der Waals surface area contributed by atoms with Gasteiger partial charge in [-0.2, -0.15) is 0 Å². The van der Waals surface area contributed by atoms with Gasteiger partial charge in [-0.1, -0.05) is 70.5 Å². The Morgan fingerprint density at radius 3 is 2.43 bits per heavy atom. The van der Waals surface area contributed by atoms with Crippen LogP contribution in [0.2, 0.25) is 0 Å². The molecule has 1 atom stereocenters. The minimum atomic E-state index is 0.172. The van der Waals surface area contributed by atoms with Crippen LogP contribution in [0.5, 0.6) is 0 Å². The molecule has 1 nitrogen and oxygen atoms in total. The molecule has 106 valence electrons. The van der Waals surface area contributed by atoms with Gasteiger partial charge in [0.15, 0.2) is 0 Å². The van der Waals surface area contributed by atoms with Gasteiger partial charge in [0, 0.05) is 4.47 Å². The summed E-state index contributed by atoms with van der Waals surface area (Å²) in [7, 11) is 2.01. The molecule has 0 spiro atoms. The van der Waals surface area contributed by atoms with Gasteiger partial charge in [0.1, 0.15) is 0 Å². The Labute approximate surface area is 134 Å². The van der Waals surface area contributed by atoms with Crippen molar-refractivity contribution in [2.24, 2.45) is 0 Å². The summed E-state index contributed by atoms with van der Waals surface area (Å²) in [6.45, 7) is 2.11. The lowest BCUT2D eigenvalue weighted by atomic mass is 9.93.